The Balaban J connectivity index is 0.000000371. The average molecular weight is 365 g/mol. The molecule has 0 aromatic heterocycles. The molecule has 0 aliphatic carbocycles. The molecule has 5 heteroatoms. The Bertz CT molecular complexity index is 155. The van der Waals surface area contributed by atoms with Crippen molar-refractivity contribution in [2.45, 2.75) is 6.92 Å². The van der Waals surface area contributed by atoms with E-state index in [4.69, 9.17) is 0 Å². The van der Waals surface area contributed by atoms with Crippen molar-refractivity contribution in [3.63, 3.8) is 0 Å². The molecule has 0 fully saturated rings. The van der Waals surface area contributed by atoms with Gasteiger partial charge in [-0.15, -0.1) is 0 Å². The molecule has 0 radical (unpaired) electrons. The average Bonchev–Trinajstić information content (AvgIpc) is 2.25. The Labute approximate surface area is 84.2 Å². The SMILES string of the molecule is C=C1NN=C(C)N1C.II. The zero-order chi connectivity index (χ0) is 8.15. The third kappa shape index (κ3) is 2.60. The first-order valence-corrected chi connectivity index (χ1v) is 8.87. The standard InChI is InChI=1S/C5H9N3.I2/c1-4-6-7-5(2)8(4)3;1-2/h6H,1H2,2-3H3;. The predicted molar refractivity (Wildman–Crippen MR) is 61.2 cm³/mol. The summed E-state index contributed by atoms with van der Waals surface area (Å²) in [4.78, 5) is 1.89. The lowest BCUT2D eigenvalue weighted by atomic mass is 10.6. The lowest BCUT2D eigenvalue weighted by Crippen LogP contribution is -2.19. The van der Waals surface area contributed by atoms with Gasteiger partial charge in [-0.2, -0.15) is 5.10 Å². The lowest BCUT2D eigenvalue weighted by Gasteiger charge is -2.08. The van der Waals surface area contributed by atoms with Crippen LogP contribution in [0.25, 0.3) is 0 Å². The molecule has 1 heterocycles. The molecule has 1 aliphatic rings. The summed E-state index contributed by atoms with van der Waals surface area (Å²) >= 11 is 4.24. The fourth-order valence-corrected chi connectivity index (χ4v) is 0.491. The first-order valence-electron chi connectivity index (χ1n) is 2.59. The van der Waals surface area contributed by atoms with Crippen LogP contribution in [0.5, 0.6) is 0 Å². The molecule has 0 saturated carbocycles. The molecule has 0 spiro atoms. The number of hydrogen-bond acceptors (Lipinski definition) is 3. The quantitative estimate of drug-likeness (QED) is 0.666. The summed E-state index contributed by atoms with van der Waals surface area (Å²) < 4.78 is 0. The summed E-state index contributed by atoms with van der Waals surface area (Å²) in [6.07, 6.45) is 0. The highest BCUT2D eigenvalue weighted by atomic mass is 128. The van der Waals surface area contributed by atoms with Gasteiger partial charge in [0.25, 0.3) is 0 Å². The fraction of sp³-hybridized carbons (Fsp3) is 0.400. The van der Waals surface area contributed by atoms with Gasteiger partial charge in [-0.1, -0.05) is 6.58 Å². The van der Waals surface area contributed by atoms with E-state index in [1.807, 2.05) is 18.9 Å². The van der Waals surface area contributed by atoms with E-state index in [9.17, 15) is 0 Å². The van der Waals surface area contributed by atoms with E-state index in [-0.39, 0.29) is 0 Å². The molecule has 1 N–H and O–H groups in total. The van der Waals surface area contributed by atoms with Gasteiger partial charge >= 0.3 is 0 Å². The molecule has 0 aromatic carbocycles. The van der Waals surface area contributed by atoms with E-state index >= 15 is 0 Å². The van der Waals surface area contributed by atoms with Gasteiger partial charge in [-0.05, 0) is 6.92 Å². The number of halogens is 2. The molecule has 0 unspecified atom stereocenters. The largest absolute Gasteiger partial charge is 0.317 e. The smallest absolute Gasteiger partial charge is 0.127 e. The maximum Gasteiger partial charge on any atom is 0.127 e. The highest BCUT2D eigenvalue weighted by molar-refractivity contribution is 15.0. The first kappa shape index (κ1) is 10.5. The van der Waals surface area contributed by atoms with Crippen LogP contribution in [0.1, 0.15) is 6.92 Å². The van der Waals surface area contributed by atoms with Crippen molar-refractivity contribution in [1.29, 1.82) is 0 Å². The van der Waals surface area contributed by atoms with E-state index in [0.717, 1.165) is 11.7 Å². The van der Waals surface area contributed by atoms with Crippen molar-refractivity contribution in [2.24, 2.45) is 5.10 Å². The number of nitrogens with zero attached hydrogens (tertiary/aromatic N) is 2. The van der Waals surface area contributed by atoms with Crippen LogP contribution in [0.2, 0.25) is 0 Å². The molecule has 0 atom stereocenters. The second-order valence-corrected chi connectivity index (χ2v) is 1.78. The van der Waals surface area contributed by atoms with Gasteiger partial charge in [-0.3, -0.25) is 5.43 Å². The molecule has 3 nitrogen and oxygen atoms in total. The summed E-state index contributed by atoms with van der Waals surface area (Å²) in [5.74, 6) is 1.79. The van der Waals surface area contributed by atoms with Crippen molar-refractivity contribution in [1.82, 2.24) is 10.3 Å². The number of amidine groups is 1. The van der Waals surface area contributed by atoms with Crippen molar-refractivity contribution in [3.05, 3.63) is 12.4 Å². The van der Waals surface area contributed by atoms with Crippen LogP contribution in [0.15, 0.2) is 17.5 Å². The minimum absolute atomic E-state index is 0.836. The van der Waals surface area contributed by atoms with Crippen molar-refractivity contribution >= 4 is 43.1 Å². The van der Waals surface area contributed by atoms with Crippen molar-refractivity contribution < 1.29 is 0 Å². The highest BCUT2D eigenvalue weighted by Gasteiger charge is 2.09. The number of nitrogens with one attached hydrogen (secondary N) is 1. The Kier molecular flexibility index (Phi) is 5.41. The number of hydrazone groups is 1. The molecule has 1 rings (SSSR count). The van der Waals surface area contributed by atoms with E-state index in [2.05, 4.69) is 54.3 Å². The summed E-state index contributed by atoms with van der Waals surface area (Å²) in [6.45, 7) is 5.61. The molecule has 0 saturated heterocycles. The van der Waals surface area contributed by atoms with Crippen LogP contribution in [0, 0.1) is 0 Å². The predicted octanol–water partition coefficient (Wildman–Crippen LogP) is 2.10. The monoisotopic (exact) mass is 365 g/mol. The van der Waals surface area contributed by atoms with Crippen molar-refractivity contribution in [3.8, 4) is 0 Å². The molecule has 58 valence electrons. The highest BCUT2D eigenvalue weighted by Crippen LogP contribution is 2.01. The lowest BCUT2D eigenvalue weighted by molar-refractivity contribution is 0.615. The molecule has 1 aliphatic heterocycles. The van der Waals surface area contributed by atoms with Gasteiger partial charge in [-0.25, -0.2) is 0 Å². The maximum absolute atomic E-state index is 3.89. The third-order valence-electron chi connectivity index (χ3n) is 1.24. The van der Waals surface area contributed by atoms with E-state index in [1.54, 1.807) is 0 Å². The van der Waals surface area contributed by atoms with Crippen LogP contribution >= 0.6 is 37.2 Å². The molecule has 0 bridgehead atoms. The zero-order valence-electron chi connectivity index (χ0n) is 5.86. The van der Waals surface area contributed by atoms with Crippen LogP contribution in [0.3, 0.4) is 0 Å². The summed E-state index contributed by atoms with van der Waals surface area (Å²) in [6, 6.07) is 0. The van der Waals surface area contributed by atoms with Gasteiger partial charge in [0.15, 0.2) is 0 Å². The third-order valence-corrected chi connectivity index (χ3v) is 1.24. The van der Waals surface area contributed by atoms with Crippen molar-refractivity contribution in [2.75, 3.05) is 7.05 Å². The van der Waals surface area contributed by atoms with Gasteiger partial charge < -0.3 is 4.90 Å². The second kappa shape index (κ2) is 5.16. The van der Waals surface area contributed by atoms with Crippen LogP contribution in [-0.4, -0.2) is 17.8 Å². The Morgan fingerprint density at radius 2 is 2.10 bits per heavy atom. The molecule has 0 amide bonds. The van der Waals surface area contributed by atoms with Gasteiger partial charge in [0, 0.05) is 44.3 Å². The number of rotatable bonds is 0. The van der Waals surface area contributed by atoms with Gasteiger partial charge in [0.1, 0.15) is 11.7 Å². The fourth-order valence-electron chi connectivity index (χ4n) is 0.491. The van der Waals surface area contributed by atoms with E-state index in [0.29, 0.717) is 0 Å². The van der Waals surface area contributed by atoms with Gasteiger partial charge in [0.2, 0.25) is 0 Å². The minimum Gasteiger partial charge on any atom is -0.317 e. The minimum atomic E-state index is 0.836. The topological polar surface area (TPSA) is 27.6 Å². The van der Waals surface area contributed by atoms with Crippen LogP contribution in [-0.2, 0) is 0 Å². The van der Waals surface area contributed by atoms with E-state index < -0.39 is 0 Å². The summed E-state index contributed by atoms with van der Waals surface area (Å²) in [5, 5.41) is 3.89. The molecular formula is C5H9I2N3. The normalized spacial score (nSPS) is 15.4. The van der Waals surface area contributed by atoms with E-state index in [1.165, 1.54) is 0 Å². The molecular weight excluding hydrogens is 356 g/mol. The summed E-state index contributed by atoms with van der Waals surface area (Å²) in [7, 11) is 1.92. The maximum atomic E-state index is 3.89. The zero-order valence-corrected chi connectivity index (χ0v) is 10.2. The Morgan fingerprint density at radius 3 is 2.20 bits per heavy atom. The molecule has 0 aromatic rings. The number of hydrogen-bond donors (Lipinski definition) is 1. The van der Waals surface area contributed by atoms with Gasteiger partial charge in [0.05, 0.1) is 0 Å². The first-order chi connectivity index (χ1) is 4.72. The summed E-state index contributed by atoms with van der Waals surface area (Å²) in [5.41, 5.74) is 2.74. The Morgan fingerprint density at radius 1 is 1.60 bits per heavy atom. The van der Waals surface area contributed by atoms with Crippen LogP contribution in [0.4, 0.5) is 0 Å². The molecule has 10 heavy (non-hydrogen) atoms. The van der Waals surface area contributed by atoms with Crippen LogP contribution < -0.4 is 5.43 Å². The Hall–Kier alpha value is 0.470. The second-order valence-electron chi connectivity index (χ2n) is 1.78.